The molecule has 1 saturated heterocycles. The van der Waals surface area contributed by atoms with Crippen LogP contribution in [0.25, 0.3) is 6.08 Å². The van der Waals surface area contributed by atoms with Crippen molar-refractivity contribution in [3.8, 4) is 5.75 Å². The fourth-order valence-corrected chi connectivity index (χ4v) is 6.60. The van der Waals surface area contributed by atoms with E-state index in [4.69, 9.17) is 4.74 Å². The van der Waals surface area contributed by atoms with E-state index in [0.29, 0.717) is 12.8 Å². The number of hydrogen-bond acceptors (Lipinski definition) is 5. The summed E-state index contributed by atoms with van der Waals surface area (Å²) in [5.74, 6) is 0.0506. The first-order valence-electron chi connectivity index (χ1n) is 13.9. The SMILES string of the molecule is CC(=O)OC1CC(NC(=O)/C=C/c2cccc(C(F)(F)F)c2)CC2(c3cccc(O)c3)CCN(CC3CC3)CC12. The lowest BCUT2D eigenvalue weighted by Crippen LogP contribution is -2.61. The first kappa shape index (κ1) is 28.2. The first-order valence-corrected chi connectivity index (χ1v) is 13.9. The third-order valence-corrected chi connectivity index (χ3v) is 8.55. The summed E-state index contributed by atoms with van der Waals surface area (Å²) < 4.78 is 45.1. The quantitative estimate of drug-likeness (QED) is 0.357. The summed E-state index contributed by atoms with van der Waals surface area (Å²) >= 11 is 0. The van der Waals surface area contributed by atoms with E-state index in [9.17, 15) is 27.9 Å². The van der Waals surface area contributed by atoms with Crippen molar-refractivity contribution < 1.29 is 32.6 Å². The molecule has 0 spiro atoms. The van der Waals surface area contributed by atoms with Crippen LogP contribution < -0.4 is 5.32 Å². The minimum absolute atomic E-state index is 0.0143. The molecule has 3 fully saturated rings. The molecule has 2 saturated carbocycles. The maximum Gasteiger partial charge on any atom is 0.416 e. The third kappa shape index (κ3) is 6.52. The fraction of sp³-hybridized carbons (Fsp3) is 0.484. The van der Waals surface area contributed by atoms with Gasteiger partial charge in [-0.15, -0.1) is 0 Å². The number of phenolic OH excluding ortho intramolecular Hbond substituents is 1. The largest absolute Gasteiger partial charge is 0.508 e. The fourth-order valence-electron chi connectivity index (χ4n) is 6.60. The molecule has 1 heterocycles. The second-order valence-corrected chi connectivity index (χ2v) is 11.5. The number of rotatable bonds is 7. The van der Waals surface area contributed by atoms with E-state index in [1.165, 1.54) is 44.1 Å². The third-order valence-electron chi connectivity index (χ3n) is 8.55. The zero-order chi connectivity index (χ0) is 28.5. The minimum Gasteiger partial charge on any atom is -0.508 e. The van der Waals surface area contributed by atoms with E-state index in [0.717, 1.165) is 49.7 Å². The summed E-state index contributed by atoms with van der Waals surface area (Å²) in [6, 6.07) is 11.7. The summed E-state index contributed by atoms with van der Waals surface area (Å²) in [7, 11) is 0. The maximum atomic E-state index is 13.1. The lowest BCUT2D eigenvalue weighted by atomic mass is 9.57. The number of phenols is 1. The number of carbonyl (C=O) groups excluding carboxylic acids is 2. The predicted octanol–water partition coefficient (Wildman–Crippen LogP) is 5.30. The molecule has 9 heteroatoms. The molecule has 6 nitrogen and oxygen atoms in total. The van der Waals surface area contributed by atoms with Crippen molar-refractivity contribution in [3.05, 3.63) is 71.3 Å². The number of nitrogens with one attached hydrogen (secondary N) is 1. The highest BCUT2D eigenvalue weighted by Gasteiger charge is 2.54. The van der Waals surface area contributed by atoms with Crippen molar-refractivity contribution in [2.45, 2.75) is 62.8 Å². The first-order chi connectivity index (χ1) is 19.0. The van der Waals surface area contributed by atoms with E-state index in [-0.39, 0.29) is 29.2 Å². The van der Waals surface area contributed by atoms with Gasteiger partial charge in [0.15, 0.2) is 0 Å². The Morgan fingerprint density at radius 1 is 1.18 bits per heavy atom. The molecular formula is C31H35F3N2O4. The van der Waals surface area contributed by atoms with Gasteiger partial charge in [0.05, 0.1) is 5.56 Å². The van der Waals surface area contributed by atoms with E-state index in [1.807, 2.05) is 12.1 Å². The number of ether oxygens (including phenoxy) is 1. The van der Waals surface area contributed by atoms with Gasteiger partial charge in [-0.25, -0.2) is 0 Å². The molecule has 4 atom stereocenters. The number of hydrogen-bond donors (Lipinski definition) is 2. The van der Waals surface area contributed by atoms with E-state index >= 15 is 0 Å². The smallest absolute Gasteiger partial charge is 0.416 e. The molecule has 40 heavy (non-hydrogen) atoms. The molecule has 214 valence electrons. The average molecular weight is 557 g/mol. The van der Waals surface area contributed by atoms with Gasteiger partial charge in [-0.2, -0.15) is 13.2 Å². The minimum atomic E-state index is -4.47. The molecule has 2 aliphatic carbocycles. The molecule has 2 N–H and O–H groups in total. The van der Waals surface area contributed by atoms with Gasteiger partial charge in [-0.05, 0) is 79.6 Å². The van der Waals surface area contributed by atoms with Gasteiger partial charge in [-0.3, -0.25) is 9.59 Å². The van der Waals surface area contributed by atoms with Crippen molar-refractivity contribution in [3.63, 3.8) is 0 Å². The van der Waals surface area contributed by atoms with Gasteiger partial charge < -0.3 is 20.1 Å². The maximum absolute atomic E-state index is 13.1. The molecule has 0 aromatic heterocycles. The molecular weight excluding hydrogens is 521 g/mol. The van der Waals surface area contributed by atoms with Gasteiger partial charge in [0.1, 0.15) is 11.9 Å². The van der Waals surface area contributed by atoms with Crippen LogP contribution in [0.5, 0.6) is 5.75 Å². The number of alkyl halides is 3. The average Bonchev–Trinajstić information content (AvgIpc) is 3.71. The summed E-state index contributed by atoms with van der Waals surface area (Å²) in [6.45, 7) is 4.05. The zero-order valence-electron chi connectivity index (χ0n) is 22.5. The van der Waals surface area contributed by atoms with Crippen LogP contribution in [0.1, 0.15) is 55.7 Å². The highest BCUT2D eigenvalue weighted by molar-refractivity contribution is 5.92. The summed E-state index contributed by atoms with van der Waals surface area (Å²) in [4.78, 5) is 27.6. The molecule has 2 aromatic carbocycles. The van der Waals surface area contributed by atoms with Gasteiger partial charge in [-0.1, -0.05) is 24.3 Å². The van der Waals surface area contributed by atoms with E-state index in [1.54, 1.807) is 12.1 Å². The van der Waals surface area contributed by atoms with Crippen LogP contribution in [0.3, 0.4) is 0 Å². The molecule has 0 bridgehead atoms. The van der Waals surface area contributed by atoms with Crippen LogP contribution in [0, 0.1) is 11.8 Å². The summed E-state index contributed by atoms with van der Waals surface area (Å²) in [5.41, 5.74) is 0.0171. The monoisotopic (exact) mass is 556 g/mol. The van der Waals surface area contributed by atoms with Crippen LogP contribution in [-0.2, 0) is 25.9 Å². The molecule has 3 aliphatic rings. The number of halogens is 3. The Morgan fingerprint density at radius 2 is 1.95 bits per heavy atom. The second kappa shape index (κ2) is 11.3. The number of nitrogens with zero attached hydrogens (tertiary/aromatic N) is 1. The van der Waals surface area contributed by atoms with Gasteiger partial charge in [0.2, 0.25) is 5.91 Å². The van der Waals surface area contributed by atoms with Gasteiger partial charge >= 0.3 is 12.1 Å². The van der Waals surface area contributed by atoms with Gasteiger partial charge in [0, 0.05) is 49.9 Å². The molecule has 1 amide bonds. The Balaban J connectivity index is 1.39. The predicted molar refractivity (Wildman–Crippen MR) is 144 cm³/mol. The highest BCUT2D eigenvalue weighted by atomic mass is 19.4. The molecule has 0 radical (unpaired) electrons. The highest BCUT2D eigenvalue weighted by Crippen LogP contribution is 2.51. The van der Waals surface area contributed by atoms with E-state index < -0.39 is 29.2 Å². The topological polar surface area (TPSA) is 78.9 Å². The summed E-state index contributed by atoms with van der Waals surface area (Å²) in [6.07, 6.45) is 2.01. The van der Waals surface area contributed by atoms with E-state index in [2.05, 4.69) is 10.2 Å². The Morgan fingerprint density at radius 3 is 2.65 bits per heavy atom. The van der Waals surface area contributed by atoms with Crippen LogP contribution in [0.4, 0.5) is 13.2 Å². The number of carbonyl (C=O) groups is 2. The lowest BCUT2D eigenvalue weighted by Gasteiger charge is -2.55. The molecule has 1 aliphatic heterocycles. The zero-order valence-corrected chi connectivity index (χ0v) is 22.5. The Hall–Kier alpha value is -3.33. The molecule has 2 aromatic rings. The van der Waals surface area contributed by atoms with Crippen molar-refractivity contribution in [2.75, 3.05) is 19.6 Å². The number of likely N-dealkylation sites (tertiary alicyclic amines) is 1. The van der Waals surface area contributed by atoms with Crippen molar-refractivity contribution in [2.24, 2.45) is 11.8 Å². The van der Waals surface area contributed by atoms with Gasteiger partial charge in [0.25, 0.3) is 0 Å². The lowest BCUT2D eigenvalue weighted by molar-refractivity contribution is -0.157. The normalized spacial score (nSPS) is 27.2. The Kier molecular flexibility index (Phi) is 7.95. The standard InChI is InChI=1S/C31H35F3N2O4/c1-20(37)40-28-16-25(35-29(39)11-10-21-4-2-6-24(14-21)31(32,33)34)17-30(23-5-3-7-26(38)15-23)12-13-36(19-27(28)30)18-22-8-9-22/h2-7,10-11,14-15,22,25,27-28,38H,8-9,12-13,16-19H2,1H3,(H,35,39)/b11-10+. The molecule has 4 unspecified atom stereocenters. The number of aromatic hydroxyl groups is 1. The number of benzene rings is 2. The van der Waals surface area contributed by atoms with Crippen molar-refractivity contribution in [1.82, 2.24) is 10.2 Å². The number of piperidine rings is 1. The van der Waals surface area contributed by atoms with Crippen LogP contribution in [0.2, 0.25) is 0 Å². The summed E-state index contributed by atoms with van der Waals surface area (Å²) in [5, 5.41) is 13.4. The van der Waals surface area contributed by atoms with Crippen molar-refractivity contribution in [1.29, 1.82) is 0 Å². The Bertz CT molecular complexity index is 1280. The Labute approximate surface area is 232 Å². The van der Waals surface area contributed by atoms with Crippen LogP contribution >= 0.6 is 0 Å². The number of amides is 1. The van der Waals surface area contributed by atoms with Crippen molar-refractivity contribution >= 4 is 18.0 Å². The second-order valence-electron chi connectivity index (χ2n) is 11.5. The number of fused-ring (bicyclic) bond motifs is 1. The van der Waals surface area contributed by atoms with Crippen LogP contribution in [-0.4, -0.2) is 53.7 Å². The molecule has 5 rings (SSSR count). The number of esters is 1. The van der Waals surface area contributed by atoms with Crippen LogP contribution in [0.15, 0.2) is 54.6 Å².